The van der Waals surface area contributed by atoms with Crippen molar-refractivity contribution in [1.29, 1.82) is 0 Å². The molecule has 0 aliphatic rings. The molecule has 4 nitrogen and oxygen atoms in total. The molecule has 0 aromatic heterocycles. The van der Waals surface area contributed by atoms with Gasteiger partial charge in [-0.25, -0.2) is 0 Å². The summed E-state index contributed by atoms with van der Waals surface area (Å²) in [6.07, 6.45) is 4.01. The van der Waals surface area contributed by atoms with Gasteiger partial charge in [0.05, 0.1) is 0 Å². The number of carbonyl (C=O) groups is 1. The van der Waals surface area contributed by atoms with Gasteiger partial charge >= 0.3 is 0 Å². The molecule has 0 heterocycles. The lowest BCUT2D eigenvalue weighted by Crippen LogP contribution is -2.31. The van der Waals surface area contributed by atoms with Crippen LogP contribution in [-0.2, 0) is 9.53 Å². The number of anilines is 1. The van der Waals surface area contributed by atoms with Crippen LogP contribution in [0.1, 0.15) is 6.42 Å². The number of nitrogens with zero attached hydrogens (tertiary/aromatic N) is 1. The number of primary amides is 1. The number of amides is 1. The fourth-order valence-electron chi connectivity index (χ4n) is 1.72. The summed E-state index contributed by atoms with van der Waals surface area (Å²) < 4.78 is 5.09. The van der Waals surface area contributed by atoms with E-state index in [-0.39, 0.29) is 6.04 Å². The van der Waals surface area contributed by atoms with E-state index in [4.69, 9.17) is 10.5 Å². The van der Waals surface area contributed by atoms with E-state index in [2.05, 4.69) is 4.90 Å². The van der Waals surface area contributed by atoms with Gasteiger partial charge in [0.15, 0.2) is 0 Å². The minimum atomic E-state index is -0.432. The van der Waals surface area contributed by atoms with Crippen LogP contribution in [0.4, 0.5) is 5.69 Å². The van der Waals surface area contributed by atoms with Crippen LogP contribution in [0, 0.1) is 0 Å². The zero-order valence-corrected chi connectivity index (χ0v) is 10.9. The highest BCUT2D eigenvalue weighted by atomic mass is 16.5. The normalized spacial score (nSPS) is 12.6. The fourth-order valence-corrected chi connectivity index (χ4v) is 1.72. The number of para-hydroxylation sites is 1. The van der Waals surface area contributed by atoms with Gasteiger partial charge in [0.25, 0.3) is 0 Å². The van der Waals surface area contributed by atoms with Crippen LogP contribution < -0.4 is 10.6 Å². The molecule has 1 aromatic rings. The SMILES string of the molecule is COCCC(C=CC(N)=O)N(C)c1ccccc1. The third kappa shape index (κ3) is 4.59. The molecule has 0 radical (unpaired) electrons. The monoisotopic (exact) mass is 248 g/mol. The summed E-state index contributed by atoms with van der Waals surface area (Å²) >= 11 is 0. The summed E-state index contributed by atoms with van der Waals surface area (Å²) in [5.74, 6) is -0.432. The Labute approximate surface area is 108 Å². The first kappa shape index (κ1) is 14.3. The van der Waals surface area contributed by atoms with Gasteiger partial charge in [0, 0.05) is 38.6 Å². The summed E-state index contributed by atoms with van der Waals surface area (Å²) in [7, 11) is 3.65. The van der Waals surface area contributed by atoms with E-state index in [0.29, 0.717) is 6.61 Å². The zero-order valence-electron chi connectivity index (χ0n) is 10.9. The predicted octanol–water partition coefficient (Wildman–Crippen LogP) is 1.57. The summed E-state index contributed by atoms with van der Waals surface area (Å²) in [4.78, 5) is 12.9. The van der Waals surface area contributed by atoms with E-state index in [1.807, 2.05) is 43.5 Å². The number of hydrogen-bond donors (Lipinski definition) is 1. The maximum Gasteiger partial charge on any atom is 0.241 e. The molecular weight excluding hydrogens is 228 g/mol. The Kier molecular flexibility index (Phi) is 5.94. The Morgan fingerprint density at radius 1 is 1.44 bits per heavy atom. The molecule has 0 spiro atoms. The van der Waals surface area contributed by atoms with Crippen LogP contribution in [0.25, 0.3) is 0 Å². The Morgan fingerprint density at radius 3 is 2.67 bits per heavy atom. The quantitative estimate of drug-likeness (QED) is 0.745. The van der Waals surface area contributed by atoms with Crippen molar-refractivity contribution in [1.82, 2.24) is 0 Å². The molecule has 0 fully saturated rings. The standard InChI is InChI=1S/C14H20N2O2/c1-16(12-6-4-3-5-7-12)13(10-11-18-2)8-9-14(15)17/h3-9,13H,10-11H2,1-2H3,(H2,15,17). The largest absolute Gasteiger partial charge is 0.385 e. The average Bonchev–Trinajstić information content (AvgIpc) is 2.39. The summed E-state index contributed by atoms with van der Waals surface area (Å²) in [6.45, 7) is 0.630. The van der Waals surface area contributed by atoms with Gasteiger partial charge in [0.1, 0.15) is 0 Å². The average molecular weight is 248 g/mol. The molecule has 0 bridgehead atoms. The molecule has 0 saturated heterocycles. The number of carbonyl (C=O) groups excluding carboxylic acids is 1. The highest BCUT2D eigenvalue weighted by Crippen LogP contribution is 2.16. The van der Waals surface area contributed by atoms with Crippen molar-refractivity contribution < 1.29 is 9.53 Å². The topological polar surface area (TPSA) is 55.6 Å². The molecule has 1 amide bonds. The highest BCUT2D eigenvalue weighted by molar-refractivity contribution is 5.85. The van der Waals surface area contributed by atoms with Crippen molar-refractivity contribution in [3.05, 3.63) is 42.5 Å². The van der Waals surface area contributed by atoms with Gasteiger partial charge < -0.3 is 15.4 Å². The number of methoxy groups -OCH3 is 1. The van der Waals surface area contributed by atoms with Crippen molar-refractivity contribution in [3.63, 3.8) is 0 Å². The molecule has 0 saturated carbocycles. The third-order valence-corrected chi connectivity index (χ3v) is 2.76. The van der Waals surface area contributed by atoms with E-state index < -0.39 is 5.91 Å². The van der Waals surface area contributed by atoms with Crippen molar-refractivity contribution >= 4 is 11.6 Å². The van der Waals surface area contributed by atoms with E-state index in [0.717, 1.165) is 12.1 Å². The van der Waals surface area contributed by atoms with Crippen molar-refractivity contribution in [2.75, 3.05) is 25.7 Å². The Morgan fingerprint density at radius 2 is 2.11 bits per heavy atom. The van der Waals surface area contributed by atoms with Crippen LogP contribution in [-0.4, -0.2) is 32.7 Å². The molecule has 4 heteroatoms. The van der Waals surface area contributed by atoms with Crippen LogP contribution in [0.15, 0.2) is 42.5 Å². The number of benzene rings is 1. The number of likely N-dealkylation sites (N-methyl/N-ethyl adjacent to an activating group) is 1. The molecule has 0 aliphatic carbocycles. The predicted molar refractivity (Wildman–Crippen MR) is 73.5 cm³/mol. The second-order valence-electron chi connectivity index (χ2n) is 4.06. The summed E-state index contributed by atoms with van der Waals surface area (Å²) in [6, 6.07) is 10.1. The van der Waals surface area contributed by atoms with Gasteiger partial charge in [-0.15, -0.1) is 0 Å². The molecule has 2 N–H and O–H groups in total. The molecule has 1 unspecified atom stereocenters. The van der Waals surface area contributed by atoms with Crippen LogP contribution in [0.2, 0.25) is 0 Å². The first-order valence-electron chi connectivity index (χ1n) is 5.89. The lowest BCUT2D eigenvalue weighted by Gasteiger charge is -2.27. The lowest BCUT2D eigenvalue weighted by atomic mass is 10.1. The first-order valence-corrected chi connectivity index (χ1v) is 5.89. The lowest BCUT2D eigenvalue weighted by molar-refractivity contribution is -0.113. The van der Waals surface area contributed by atoms with E-state index >= 15 is 0 Å². The summed E-state index contributed by atoms with van der Waals surface area (Å²) in [5.41, 5.74) is 6.22. The minimum Gasteiger partial charge on any atom is -0.385 e. The fraction of sp³-hybridized carbons (Fsp3) is 0.357. The maximum absolute atomic E-state index is 10.8. The van der Waals surface area contributed by atoms with Gasteiger partial charge in [0.2, 0.25) is 5.91 Å². The van der Waals surface area contributed by atoms with Gasteiger partial charge in [-0.1, -0.05) is 24.3 Å². The van der Waals surface area contributed by atoms with Crippen molar-refractivity contribution in [2.45, 2.75) is 12.5 Å². The smallest absolute Gasteiger partial charge is 0.241 e. The first-order chi connectivity index (χ1) is 8.65. The zero-order chi connectivity index (χ0) is 13.4. The third-order valence-electron chi connectivity index (χ3n) is 2.76. The van der Waals surface area contributed by atoms with Gasteiger partial charge in [-0.2, -0.15) is 0 Å². The molecule has 18 heavy (non-hydrogen) atoms. The molecule has 98 valence electrons. The number of nitrogens with two attached hydrogens (primary N) is 1. The van der Waals surface area contributed by atoms with Crippen molar-refractivity contribution in [3.8, 4) is 0 Å². The van der Waals surface area contributed by atoms with Gasteiger partial charge in [-0.05, 0) is 18.6 Å². The molecular formula is C14H20N2O2. The van der Waals surface area contributed by atoms with Crippen LogP contribution in [0.5, 0.6) is 0 Å². The van der Waals surface area contributed by atoms with Crippen LogP contribution in [0.3, 0.4) is 0 Å². The van der Waals surface area contributed by atoms with Gasteiger partial charge in [-0.3, -0.25) is 4.79 Å². The second-order valence-corrected chi connectivity index (χ2v) is 4.06. The van der Waals surface area contributed by atoms with Crippen molar-refractivity contribution in [2.24, 2.45) is 5.73 Å². The van der Waals surface area contributed by atoms with Crippen LogP contribution >= 0.6 is 0 Å². The summed E-state index contributed by atoms with van der Waals surface area (Å²) in [5, 5.41) is 0. The number of rotatable bonds is 7. The Balaban J connectivity index is 2.78. The molecule has 0 aliphatic heterocycles. The molecule has 1 atom stereocenters. The molecule has 1 rings (SSSR count). The second kappa shape index (κ2) is 7.50. The molecule has 1 aromatic carbocycles. The Bertz CT molecular complexity index is 390. The van der Waals surface area contributed by atoms with E-state index in [1.165, 1.54) is 6.08 Å². The maximum atomic E-state index is 10.8. The Hall–Kier alpha value is -1.81. The number of hydrogen-bond acceptors (Lipinski definition) is 3. The van der Waals surface area contributed by atoms with E-state index in [1.54, 1.807) is 7.11 Å². The highest BCUT2D eigenvalue weighted by Gasteiger charge is 2.12. The van der Waals surface area contributed by atoms with E-state index in [9.17, 15) is 4.79 Å². The number of ether oxygens (including phenoxy) is 1. The minimum absolute atomic E-state index is 0.0832.